The summed E-state index contributed by atoms with van der Waals surface area (Å²) in [4.78, 5) is 27.5. The number of furan rings is 1. The fourth-order valence-electron chi connectivity index (χ4n) is 3.50. The third-order valence-corrected chi connectivity index (χ3v) is 5.43. The lowest BCUT2D eigenvalue weighted by Crippen LogP contribution is -2.23. The molecule has 3 aromatic heterocycles. The Morgan fingerprint density at radius 1 is 1.22 bits per heavy atom. The number of anilines is 1. The van der Waals surface area contributed by atoms with Crippen LogP contribution in [0.1, 0.15) is 5.76 Å². The number of amides is 1. The van der Waals surface area contributed by atoms with E-state index in [9.17, 15) is 14.9 Å². The van der Waals surface area contributed by atoms with Crippen LogP contribution in [0.15, 0.2) is 68.7 Å². The number of nitro groups is 1. The smallest absolute Gasteiger partial charge is 0.270 e. The van der Waals surface area contributed by atoms with Gasteiger partial charge in [-0.3, -0.25) is 14.9 Å². The van der Waals surface area contributed by atoms with Crippen LogP contribution in [0.3, 0.4) is 0 Å². The highest BCUT2D eigenvalue weighted by Crippen LogP contribution is 2.32. The summed E-state index contributed by atoms with van der Waals surface area (Å²) in [6, 6.07) is 14.5. The topological polar surface area (TPSA) is 180 Å². The van der Waals surface area contributed by atoms with Crippen LogP contribution in [0.4, 0.5) is 11.5 Å². The highest BCUT2D eigenvalue weighted by Gasteiger charge is 2.20. The number of carbonyl (C=O) groups excluding carboxylic acids is 1. The van der Waals surface area contributed by atoms with Crippen molar-refractivity contribution in [1.82, 2.24) is 25.3 Å². The van der Waals surface area contributed by atoms with Gasteiger partial charge in [0.2, 0.25) is 0 Å². The molecule has 3 N–H and O–H groups in total. The molecule has 0 aliphatic rings. The van der Waals surface area contributed by atoms with Crippen molar-refractivity contribution in [2.45, 2.75) is 6.54 Å². The quantitative estimate of drug-likeness (QED) is 0.189. The van der Waals surface area contributed by atoms with E-state index < -0.39 is 10.8 Å². The third kappa shape index (κ3) is 4.37. The molecule has 0 fully saturated rings. The second kappa shape index (κ2) is 9.31. The average molecular weight is 507 g/mol. The van der Waals surface area contributed by atoms with Crippen molar-refractivity contribution in [2.75, 3.05) is 5.73 Å². The SMILES string of the molecule is Nc1nonc1-c1nc2ccccc2n1CC(=O)N/N=C\c1ccc(-c2ccc([N+](=O)[O-])cc2Cl)o1. The first-order chi connectivity index (χ1) is 17.4. The van der Waals surface area contributed by atoms with Gasteiger partial charge in [0.05, 0.1) is 27.2 Å². The number of hydrazone groups is 1. The molecule has 0 aliphatic carbocycles. The molecule has 13 nitrogen and oxygen atoms in total. The van der Waals surface area contributed by atoms with Crippen LogP contribution in [0.2, 0.25) is 5.02 Å². The first-order valence-electron chi connectivity index (χ1n) is 10.3. The van der Waals surface area contributed by atoms with Gasteiger partial charge in [-0.2, -0.15) is 5.10 Å². The monoisotopic (exact) mass is 506 g/mol. The van der Waals surface area contributed by atoms with E-state index in [1.165, 1.54) is 24.4 Å². The molecule has 0 radical (unpaired) electrons. The molecule has 0 saturated carbocycles. The van der Waals surface area contributed by atoms with Crippen molar-refractivity contribution in [3.63, 3.8) is 0 Å². The first kappa shape index (κ1) is 22.7. The maximum Gasteiger partial charge on any atom is 0.270 e. The van der Waals surface area contributed by atoms with Crippen molar-refractivity contribution < 1.29 is 18.8 Å². The number of nitrogen functional groups attached to an aromatic ring is 1. The minimum Gasteiger partial charge on any atom is -0.455 e. The number of para-hydroxylation sites is 2. The molecule has 0 spiro atoms. The Hall–Kier alpha value is -5.04. The molecule has 14 heteroatoms. The Labute approximate surface area is 206 Å². The number of benzene rings is 2. The van der Waals surface area contributed by atoms with E-state index in [0.29, 0.717) is 33.9 Å². The number of rotatable bonds is 7. The average Bonchev–Trinajstić information content (AvgIpc) is 3.58. The minimum atomic E-state index is -0.536. The van der Waals surface area contributed by atoms with Gasteiger partial charge >= 0.3 is 0 Å². The number of nitrogens with zero attached hydrogens (tertiary/aromatic N) is 6. The number of fused-ring (bicyclic) bond motifs is 1. The summed E-state index contributed by atoms with van der Waals surface area (Å²) >= 11 is 6.15. The third-order valence-electron chi connectivity index (χ3n) is 5.12. The number of imidazole rings is 1. The van der Waals surface area contributed by atoms with E-state index in [0.717, 1.165) is 0 Å². The maximum atomic E-state index is 12.6. The number of halogens is 1. The Morgan fingerprint density at radius 3 is 2.81 bits per heavy atom. The lowest BCUT2D eigenvalue weighted by Gasteiger charge is -2.06. The number of nitrogens with two attached hydrogens (primary N) is 1. The second-order valence-electron chi connectivity index (χ2n) is 7.42. The van der Waals surface area contributed by atoms with E-state index in [1.54, 1.807) is 28.8 Å². The molecular weight excluding hydrogens is 492 g/mol. The molecule has 5 rings (SSSR count). The number of non-ortho nitro benzene ring substituents is 1. The number of hydrogen-bond donors (Lipinski definition) is 2. The molecule has 180 valence electrons. The molecule has 0 bridgehead atoms. The Kier molecular flexibility index (Phi) is 5.88. The number of nitrogens with one attached hydrogen (secondary N) is 1. The van der Waals surface area contributed by atoms with Crippen molar-refractivity contribution >= 4 is 46.3 Å². The largest absolute Gasteiger partial charge is 0.455 e. The normalized spacial score (nSPS) is 11.4. The van der Waals surface area contributed by atoms with E-state index in [1.807, 2.05) is 12.1 Å². The van der Waals surface area contributed by atoms with Crippen LogP contribution < -0.4 is 11.2 Å². The lowest BCUT2D eigenvalue weighted by molar-refractivity contribution is -0.384. The van der Waals surface area contributed by atoms with Crippen molar-refractivity contribution in [2.24, 2.45) is 5.10 Å². The van der Waals surface area contributed by atoms with Crippen molar-refractivity contribution in [1.29, 1.82) is 0 Å². The van der Waals surface area contributed by atoms with E-state index in [4.69, 9.17) is 21.8 Å². The van der Waals surface area contributed by atoms with Crippen LogP contribution >= 0.6 is 11.6 Å². The molecular formula is C22H15ClN8O5. The van der Waals surface area contributed by atoms with Crippen LogP contribution in [0.25, 0.3) is 33.9 Å². The van der Waals surface area contributed by atoms with Gasteiger partial charge in [-0.05, 0) is 40.6 Å². The standard InChI is InChI=1S/C22H15ClN8O5/c23-15-9-12(31(33)34)5-7-14(15)18-8-6-13(35-18)10-25-27-19(32)11-30-17-4-2-1-3-16(17)26-22(30)20-21(24)29-36-28-20/h1-10H,11H2,(H2,24,29)(H,27,32)/b25-10-. The number of nitro benzene ring substituents is 1. The van der Waals surface area contributed by atoms with Crippen LogP contribution in [0.5, 0.6) is 0 Å². The van der Waals surface area contributed by atoms with E-state index >= 15 is 0 Å². The fourth-order valence-corrected chi connectivity index (χ4v) is 3.77. The summed E-state index contributed by atoms with van der Waals surface area (Å²) in [6.45, 7) is -0.138. The molecule has 5 aromatic rings. The Balaban J connectivity index is 1.31. The van der Waals surface area contributed by atoms with Gasteiger partial charge in [0.25, 0.3) is 11.6 Å². The molecule has 0 aliphatic heterocycles. The van der Waals surface area contributed by atoms with Gasteiger partial charge in [-0.1, -0.05) is 23.7 Å². The van der Waals surface area contributed by atoms with Crippen molar-refractivity contribution in [3.05, 3.63) is 75.5 Å². The van der Waals surface area contributed by atoms with E-state index in [-0.39, 0.29) is 28.8 Å². The molecule has 1 amide bonds. The summed E-state index contributed by atoms with van der Waals surface area (Å²) in [5, 5.41) is 22.3. The predicted molar refractivity (Wildman–Crippen MR) is 129 cm³/mol. The predicted octanol–water partition coefficient (Wildman–Crippen LogP) is 3.64. The van der Waals surface area contributed by atoms with Gasteiger partial charge in [0.15, 0.2) is 17.3 Å². The van der Waals surface area contributed by atoms with Gasteiger partial charge < -0.3 is 14.7 Å². The highest BCUT2D eigenvalue weighted by molar-refractivity contribution is 6.33. The van der Waals surface area contributed by atoms with Crippen LogP contribution in [0, 0.1) is 10.1 Å². The van der Waals surface area contributed by atoms with Gasteiger partial charge in [-0.25, -0.2) is 15.0 Å². The molecule has 2 aromatic carbocycles. The summed E-state index contributed by atoms with van der Waals surface area (Å²) in [6.07, 6.45) is 1.31. The number of carbonyl (C=O) groups is 1. The minimum absolute atomic E-state index is 0.0479. The Morgan fingerprint density at radius 2 is 2.06 bits per heavy atom. The molecule has 0 unspecified atom stereocenters. The summed E-state index contributed by atoms with van der Waals surface area (Å²) < 4.78 is 12.0. The summed E-state index contributed by atoms with van der Waals surface area (Å²) in [5.41, 5.74) is 10.1. The van der Waals surface area contributed by atoms with Gasteiger partial charge in [0.1, 0.15) is 18.1 Å². The first-order valence-corrected chi connectivity index (χ1v) is 10.7. The zero-order valence-corrected chi connectivity index (χ0v) is 18.9. The highest BCUT2D eigenvalue weighted by atomic mass is 35.5. The zero-order valence-electron chi connectivity index (χ0n) is 18.2. The van der Waals surface area contributed by atoms with Crippen LogP contribution in [-0.4, -0.2) is 36.9 Å². The molecule has 3 heterocycles. The maximum absolute atomic E-state index is 12.6. The summed E-state index contributed by atoms with van der Waals surface area (Å²) in [5.74, 6) is 0.637. The fraction of sp³-hybridized carbons (Fsp3) is 0.0455. The molecule has 0 saturated heterocycles. The van der Waals surface area contributed by atoms with Gasteiger partial charge in [0, 0.05) is 17.7 Å². The van der Waals surface area contributed by atoms with Crippen LogP contribution in [-0.2, 0) is 11.3 Å². The van der Waals surface area contributed by atoms with E-state index in [2.05, 4.69) is 30.5 Å². The number of aromatic nitrogens is 4. The lowest BCUT2D eigenvalue weighted by atomic mass is 10.1. The second-order valence-corrected chi connectivity index (χ2v) is 7.83. The number of hydrogen-bond acceptors (Lipinski definition) is 10. The summed E-state index contributed by atoms with van der Waals surface area (Å²) in [7, 11) is 0. The molecule has 0 atom stereocenters. The Bertz CT molecular complexity index is 1640. The van der Waals surface area contributed by atoms with Crippen molar-refractivity contribution in [3.8, 4) is 22.8 Å². The zero-order chi connectivity index (χ0) is 25.2. The molecule has 36 heavy (non-hydrogen) atoms. The van der Waals surface area contributed by atoms with Gasteiger partial charge in [-0.15, -0.1) is 0 Å².